The summed E-state index contributed by atoms with van der Waals surface area (Å²) in [5.41, 5.74) is 1.13. The number of amidine groups is 1. The number of benzene rings is 1. The van der Waals surface area contributed by atoms with Gasteiger partial charge in [0.2, 0.25) is 0 Å². The average molecular weight is 266 g/mol. The first-order valence-electron chi connectivity index (χ1n) is 5.81. The van der Waals surface area contributed by atoms with Crippen LogP contribution >= 0.6 is 23.5 Å². The molecule has 0 spiro atoms. The lowest BCUT2D eigenvalue weighted by atomic mass is 10.1. The molecule has 0 bridgehead atoms. The fraction of sp³-hybridized carbons (Fsp3) is 0.462. The predicted molar refractivity (Wildman–Crippen MR) is 80.4 cm³/mol. The van der Waals surface area contributed by atoms with Crippen LogP contribution in [0.1, 0.15) is 13.8 Å². The topological polar surface area (TPSA) is 24.4 Å². The van der Waals surface area contributed by atoms with Crippen molar-refractivity contribution in [3.05, 3.63) is 24.3 Å². The van der Waals surface area contributed by atoms with Gasteiger partial charge in [0.05, 0.1) is 6.54 Å². The molecule has 0 saturated heterocycles. The van der Waals surface area contributed by atoms with Gasteiger partial charge in [0, 0.05) is 15.8 Å². The maximum absolute atomic E-state index is 4.55. The van der Waals surface area contributed by atoms with E-state index in [0.29, 0.717) is 11.2 Å². The Bertz CT molecular complexity index is 416. The normalized spacial score (nSPS) is 19.5. The molecule has 0 aromatic heterocycles. The van der Waals surface area contributed by atoms with Gasteiger partial charge in [0.15, 0.2) is 5.17 Å². The lowest BCUT2D eigenvalue weighted by Crippen LogP contribution is -2.13. The van der Waals surface area contributed by atoms with Gasteiger partial charge in [-0.1, -0.05) is 31.7 Å². The highest BCUT2D eigenvalue weighted by molar-refractivity contribution is 8.15. The lowest BCUT2D eigenvalue weighted by molar-refractivity contribution is 0.621. The first-order chi connectivity index (χ1) is 8.19. The quantitative estimate of drug-likeness (QED) is 0.838. The van der Waals surface area contributed by atoms with E-state index in [9.17, 15) is 0 Å². The summed E-state index contributed by atoms with van der Waals surface area (Å²) in [6, 6.07) is 8.45. The molecule has 0 radical (unpaired) electrons. The Morgan fingerprint density at radius 3 is 2.94 bits per heavy atom. The Morgan fingerprint density at radius 1 is 1.47 bits per heavy atom. The second kappa shape index (κ2) is 5.83. The molecule has 0 aliphatic carbocycles. The first kappa shape index (κ1) is 12.8. The molecule has 1 N–H and O–H groups in total. The van der Waals surface area contributed by atoms with Gasteiger partial charge in [-0.2, -0.15) is 0 Å². The van der Waals surface area contributed by atoms with Gasteiger partial charge in [-0.05, 0) is 30.4 Å². The third-order valence-electron chi connectivity index (χ3n) is 2.74. The molecule has 1 aromatic carbocycles. The molecular formula is C13H18N2S2. The van der Waals surface area contributed by atoms with Crippen molar-refractivity contribution in [2.75, 3.05) is 18.1 Å². The van der Waals surface area contributed by atoms with Crippen LogP contribution in [-0.2, 0) is 0 Å². The highest BCUT2D eigenvalue weighted by atomic mass is 32.2. The van der Waals surface area contributed by atoms with E-state index in [2.05, 4.69) is 54.7 Å². The molecule has 1 aromatic rings. The van der Waals surface area contributed by atoms with Gasteiger partial charge in [0.1, 0.15) is 0 Å². The molecule has 17 heavy (non-hydrogen) atoms. The second-order valence-electron chi connectivity index (χ2n) is 4.40. The minimum absolute atomic E-state index is 0.626. The van der Waals surface area contributed by atoms with Crippen LogP contribution in [0.5, 0.6) is 0 Å². The summed E-state index contributed by atoms with van der Waals surface area (Å²) in [6.07, 6.45) is 2.09. The summed E-state index contributed by atoms with van der Waals surface area (Å²) in [5.74, 6) is 0.681. The highest BCUT2D eigenvalue weighted by Gasteiger charge is 2.22. The Morgan fingerprint density at radius 2 is 2.29 bits per heavy atom. The van der Waals surface area contributed by atoms with Crippen molar-refractivity contribution in [2.45, 2.75) is 24.0 Å². The number of anilines is 1. The minimum Gasteiger partial charge on any atom is -0.335 e. The van der Waals surface area contributed by atoms with Crippen LogP contribution in [0.25, 0.3) is 0 Å². The molecule has 1 unspecified atom stereocenters. The molecule has 2 rings (SSSR count). The molecular weight excluding hydrogens is 248 g/mol. The summed E-state index contributed by atoms with van der Waals surface area (Å²) in [7, 11) is 0. The van der Waals surface area contributed by atoms with Gasteiger partial charge in [-0.3, -0.25) is 4.99 Å². The van der Waals surface area contributed by atoms with Crippen molar-refractivity contribution in [3.8, 4) is 0 Å². The van der Waals surface area contributed by atoms with Gasteiger partial charge >= 0.3 is 0 Å². The minimum atomic E-state index is 0.626. The van der Waals surface area contributed by atoms with Crippen molar-refractivity contribution in [3.63, 3.8) is 0 Å². The van der Waals surface area contributed by atoms with Gasteiger partial charge in [-0.25, -0.2) is 0 Å². The van der Waals surface area contributed by atoms with Crippen molar-refractivity contribution in [2.24, 2.45) is 10.9 Å². The summed E-state index contributed by atoms with van der Waals surface area (Å²) >= 11 is 3.62. The molecule has 1 atom stereocenters. The molecule has 0 amide bonds. The molecule has 92 valence electrons. The molecule has 2 nitrogen and oxygen atoms in total. The monoisotopic (exact) mass is 266 g/mol. The van der Waals surface area contributed by atoms with Gasteiger partial charge < -0.3 is 5.32 Å². The standard InChI is InChI=1S/C13H18N2S2/c1-9(2)12-8-14-13(17-12)15-10-5-4-6-11(7-10)16-3/h4-7,9,12H,8H2,1-3H3,(H,14,15). The van der Waals surface area contributed by atoms with E-state index in [-0.39, 0.29) is 0 Å². The zero-order chi connectivity index (χ0) is 12.3. The molecule has 4 heteroatoms. The fourth-order valence-electron chi connectivity index (χ4n) is 1.63. The van der Waals surface area contributed by atoms with Gasteiger partial charge in [0.25, 0.3) is 0 Å². The molecule has 1 heterocycles. The van der Waals surface area contributed by atoms with E-state index in [4.69, 9.17) is 0 Å². The summed E-state index contributed by atoms with van der Waals surface area (Å²) in [4.78, 5) is 5.83. The Labute approximate surface area is 112 Å². The number of thioether (sulfide) groups is 2. The van der Waals surface area contributed by atoms with E-state index in [1.165, 1.54) is 4.90 Å². The van der Waals surface area contributed by atoms with Crippen LogP contribution in [0.4, 0.5) is 5.69 Å². The molecule has 0 fully saturated rings. The van der Waals surface area contributed by atoms with Crippen molar-refractivity contribution < 1.29 is 0 Å². The predicted octanol–water partition coefficient (Wildman–Crippen LogP) is 3.95. The summed E-state index contributed by atoms with van der Waals surface area (Å²) in [5, 5.41) is 5.08. The Balaban J connectivity index is 1.98. The molecule has 0 saturated carbocycles. The lowest BCUT2D eigenvalue weighted by Gasteiger charge is -2.12. The van der Waals surface area contributed by atoms with Crippen LogP contribution in [0, 0.1) is 5.92 Å². The fourth-order valence-corrected chi connectivity index (χ4v) is 3.12. The summed E-state index contributed by atoms with van der Waals surface area (Å²) in [6.45, 7) is 5.45. The van der Waals surface area contributed by atoms with Crippen molar-refractivity contribution >= 4 is 34.4 Å². The second-order valence-corrected chi connectivity index (χ2v) is 6.51. The number of nitrogens with one attached hydrogen (secondary N) is 1. The number of nitrogens with zero attached hydrogens (tertiary/aromatic N) is 1. The van der Waals surface area contributed by atoms with Crippen molar-refractivity contribution in [1.82, 2.24) is 0 Å². The molecule has 1 aliphatic heterocycles. The maximum Gasteiger partial charge on any atom is 0.161 e. The summed E-state index contributed by atoms with van der Waals surface area (Å²) < 4.78 is 0. The van der Waals surface area contributed by atoms with Crippen LogP contribution in [0.2, 0.25) is 0 Å². The zero-order valence-corrected chi connectivity index (χ0v) is 12.1. The average Bonchev–Trinajstić information content (AvgIpc) is 2.78. The number of hydrogen-bond donors (Lipinski definition) is 1. The molecule has 1 aliphatic rings. The zero-order valence-electron chi connectivity index (χ0n) is 10.4. The van der Waals surface area contributed by atoms with Crippen LogP contribution in [0.15, 0.2) is 34.2 Å². The Hall–Kier alpha value is -0.610. The van der Waals surface area contributed by atoms with E-state index in [0.717, 1.165) is 17.4 Å². The first-order valence-corrected chi connectivity index (χ1v) is 7.91. The smallest absolute Gasteiger partial charge is 0.161 e. The van der Waals surface area contributed by atoms with Crippen LogP contribution < -0.4 is 5.32 Å². The van der Waals surface area contributed by atoms with E-state index in [1.807, 2.05) is 11.8 Å². The number of hydrogen-bond acceptors (Lipinski definition) is 4. The Kier molecular flexibility index (Phi) is 4.40. The third-order valence-corrected chi connectivity index (χ3v) is 4.92. The highest BCUT2D eigenvalue weighted by Crippen LogP contribution is 2.28. The number of aliphatic imine (C=N–C) groups is 1. The largest absolute Gasteiger partial charge is 0.335 e. The van der Waals surface area contributed by atoms with Gasteiger partial charge in [-0.15, -0.1) is 11.8 Å². The van der Waals surface area contributed by atoms with E-state index >= 15 is 0 Å². The SMILES string of the molecule is CSc1cccc(NC2=NCC(C(C)C)S2)c1. The van der Waals surface area contributed by atoms with E-state index in [1.54, 1.807) is 11.8 Å². The van der Waals surface area contributed by atoms with Crippen LogP contribution in [0.3, 0.4) is 0 Å². The van der Waals surface area contributed by atoms with Crippen molar-refractivity contribution in [1.29, 1.82) is 0 Å². The maximum atomic E-state index is 4.55. The van der Waals surface area contributed by atoms with Crippen LogP contribution in [-0.4, -0.2) is 23.2 Å². The van der Waals surface area contributed by atoms with E-state index < -0.39 is 0 Å². The third kappa shape index (κ3) is 3.42. The number of rotatable bonds is 3.